The first kappa shape index (κ1) is 12.8. The number of nitrogens with two attached hydrogens (primary N) is 1. The first-order chi connectivity index (χ1) is 7.22. The predicted octanol–water partition coefficient (Wildman–Crippen LogP) is 3.19. The van der Waals surface area contributed by atoms with Crippen molar-refractivity contribution in [2.24, 2.45) is 0 Å². The lowest BCUT2D eigenvalue weighted by Crippen LogP contribution is -2.24. The largest absolute Gasteiger partial charge is 0.456 e. The van der Waals surface area contributed by atoms with Crippen molar-refractivity contribution in [1.29, 1.82) is 0 Å². The molecule has 1 aromatic rings. The summed E-state index contributed by atoms with van der Waals surface area (Å²) in [6, 6.07) is 3.24. The molecule has 16 heavy (non-hydrogen) atoms. The van der Waals surface area contributed by atoms with E-state index in [0.29, 0.717) is 21.8 Å². The summed E-state index contributed by atoms with van der Waals surface area (Å²) >= 11 is 5.97. The van der Waals surface area contributed by atoms with Crippen LogP contribution in [0.2, 0.25) is 5.02 Å². The number of hydrogen-bond acceptors (Lipinski definition) is 3. The molecule has 4 heteroatoms. The van der Waals surface area contributed by atoms with Gasteiger partial charge in [-0.05, 0) is 45.4 Å². The van der Waals surface area contributed by atoms with Crippen molar-refractivity contribution in [2.45, 2.75) is 33.3 Å². The van der Waals surface area contributed by atoms with Crippen molar-refractivity contribution in [1.82, 2.24) is 0 Å². The molecule has 0 aliphatic heterocycles. The number of halogens is 1. The molecule has 0 aliphatic carbocycles. The van der Waals surface area contributed by atoms with Crippen LogP contribution >= 0.6 is 11.6 Å². The van der Waals surface area contributed by atoms with E-state index in [1.165, 1.54) is 0 Å². The number of anilines is 1. The standard InChI is InChI=1S/C12H16ClNO2/c1-7-8(5-6-9(14)10(7)13)11(15)16-12(2,3)4/h5-6H,14H2,1-4H3. The van der Waals surface area contributed by atoms with E-state index < -0.39 is 5.60 Å². The first-order valence-electron chi connectivity index (χ1n) is 5.00. The van der Waals surface area contributed by atoms with Crippen molar-refractivity contribution < 1.29 is 9.53 Å². The van der Waals surface area contributed by atoms with Gasteiger partial charge in [-0.1, -0.05) is 11.6 Å². The van der Waals surface area contributed by atoms with Crippen molar-refractivity contribution in [3.8, 4) is 0 Å². The van der Waals surface area contributed by atoms with Gasteiger partial charge in [0.25, 0.3) is 0 Å². The number of rotatable bonds is 1. The molecule has 0 amide bonds. The number of esters is 1. The summed E-state index contributed by atoms with van der Waals surface area (Å²) in [6.07, 6.45) is 0. The minimum absolute atomic E-state index is 0.382. The van der Waals surface area contributed by atoms with Gasteiger partial charge in [0.2, 0.25) is 0 Å². The van der Waals surface area contributed by atoms with Crippen LogP contribution in [0.5, 0.6) is 0 Å². The smallest absolute Gasteiger partial charge is 0.338 e. The highest BCUT2D eigenvalue weighted by Gasteiger charge is 2.20. The van der Waals surface area contributed by atoms with E-state index in [1.807, 2.05) is 20.8 Å². The number of nitrogen functional groups attached to an aromatic ring is 1. The molecule has 0 unspecified atom stereocenters. The second kappa shape index (κ2) is 4.34. The third-order valence-electron chi connectivity index (χ3n) is 2.04. The number of carbonyl (C=O) groups is 1. The Bertz CT molecular complexity index is 422. The lowest BCUT2D eigenvalue weighted by atomic mass is 10.1. The predicted molar refractivity (Wildman–Crippen MR) is 65.8 cm³/mol. The van der Waals surface area contributed by atoms with Crippen LogP contribution in [-0.4, -0.2) is 11.6 Å². The molecule has 88 valence electrons. The maximum absolute atomic E-state index is 11.8. The van der Waals surface area contributed by atoms with Crippen LogP contribution in [0.4, 0.5) is 5.69 Å². The van der Waals surface area contributed by atoms with Gasteiger partial charge in [0, 0.05) is 0 Å². The molecular formula is C12H16ClNO2. The molecule has 0 saturated carbocycles. The molecule has 1 rings (SSSR count). The van der Waals surface area contributed by atoms with E-state index in [4.69, 9.17) is 22.1 Å². The van der Waals surface area contributed by atoms with E-state index in [-0.39, 0.29) is 5.97 Å². The van der Waals surface area contributed by atoms with Gasteiger partial charge < -0.3 is 10.5 Å². The fourth-order valence-corrected chi connectivity index (χ4v) is 1.43. The van der Waals surface area contributed by atoms with Gasteiger partial charge in [-0.2, -0.15) is 0 Å². The summed E-state index contributed by atoms with van der Waals surface area (Å²) in [5.74, 6) is -0.382. The lowest BCUT2D eigenvalue weighted by molar-refractivity contribution is 0.00688. The Labute approximate surface area is 101 Å². The second-order valence-corrected chi connectivity index (χ2v) is 5.02. The van der Waals surface area contributed by atoms with Gasteiger partial charge >= 0.3 is 5.97 Å². The molecular weight excluding hydrogens is 226 g/mol. The fourth-order valence-electron chi connectivity index (χ4n) is 1.26. The van der Waals surface area contributed by atoms with Crippen LogP contribution in [0.15, 0.2) is 12.1 Å². The molecule has 0 saturated heterocycles. The highest BCUT2D eigenvalue weighted by molar-refractivity contribution is 6.34. The lowest BCUT2D eigenvalue weighted by Gasteiger charge is -2.20. The van der Waals surface area contributed by atoms with E-state index >= 15 is 0 Å². The molecule has 0 spiro atoms. The Hall–Kier alpha value is -1.22. The Balaban J connectivity index is 3.06. The Morgan fingerprint density at radius 2 is 1.94 bits per heavy atom. The van der Waals surface area contributed by atoms with Gasteiger partial charge in [-0.3, -0.25) is 0 Å². The van der Waals surface area contributed by atoms with Crippen molar-refractivity contribution in [3.05, 3.63) is 28.3 Å². The zero-order valence-electron chi connectivity index (χ0n) is 9.93. The molecule has 0 atom stereocenters. The van der Waals surface area contributed by atoms with Gasteiger partial charge in [-0.15, -0.1) is 0 Å². The van der Waals surface area contributed by atoms with E-state index in [9.17, 15) is 4.79 Å². The summed E-state index contributed by atoms with van der Waals surface area (Å²) < 4.78 is 5.26. The summed E-state index contributed by atoms with van der Waals surface area (Å²) in [7, 11) is 0. The molecule has 0 radical (unpaired) electrons. The van der Waals surface area contributed by atoms with E-state index in [2.05, 4.69) is 0 Å². The van der Waals surface area contributed by atoms with Crippen LogP contribution in [0.25, 0.3) is 0 Å². The second-order valence-electron chi connectivity index (χ2n) is 4.64. The maximum Gasteiger partial charge on any atom is 0.338 e. The van der Waals surface area contributed by atoms with Gasteiger partial charge in [0.15, 0.2) is 0 Å². The number of carbonyl (C=O) groups excluding carboxylic acids is 1. The zero-order chi connectivity index (χ0) is 12.5. The van der Waals surface area contributed by atoms with Crippen LogP contribution in [-0.2, 0) is 4.74 Å². The Kier molecular flexibility index (Phi) is 3.48. The third kappa shape index (κ3) is 2.89. The molecule has 0 aromatic heterocycles. The maximum atomic E-state index is 11.8. The summed E-state index contributed by atoms with van der Waals surface area (Å²) in [6.45, 7) is 7.20. The molecule has 1 aromatic carbocycles. The van der Waals surface area contributed by atoms with Crippen LogP contribution in [0, 0.1) is 6.92 Å². The van der Waals surface area contributed by atoms with Gasteiger partial charge in [-0.25, -0.2) is 4.79 Å². The number of benzene rings is 1. The average molecular weight is 242 g/mol. The first-order valence-corrected chi connectivity index (χ1v) is 5.38. The average Bonchev–Trinajstić information content (AvgIpc) is 2.11. The summed E-state index contributed by atoms with van der Waals surface area (Å²) in [5.41, 5.74) is 6.68. The Morgan fingerprint density at radius 3 is 2.44 bits per heavy atom. The SMILES string of the molecule is Cc1c(C(=O)OC(C)(C)C)ccc(N)c1Cl. The van der Waals surface area contributed by atoms with Crippen molar-refractivity contribution >= 4 is 23.3 Å². The number of hydrogen-bond donors (Lipinski definition) is 1. The molecule has 0 heterocycles. The molecule has 0 bridgehead atoms. The highest BCUT2D eigenvalue weighted by Crippen LogP contribution is 2.27. The van der Waals surface area contributed by atoms with Gasteiger partial charge in [0.1, 0.15) is 5.60 Å². The monoisotopic (exact) mass is 241 g/mol. The minimum Gasteiger partial charge on any atom is -0.456 e. The van der Waals surface area contributed by atoms with Crippen LogP contribution < -0.4 is 5.73 Å². The minimum atomic E-state index is -0.516. The Morgan fingerprint density at radius 1 is 1.38 bits per heavy atom. The normalized spacial score (nSPS) is 11.3. The fraction of sp³-hybridized carbons (Fsp3) is 0.417. The molecule has 2 N–H and O–H groups in total. The highest BCUT2D eigenvalue weighted by atomic mass is 35.5. The van der Waals surface area contributed by atoms with Crippen LogP contribution in [0.3, 0.4) is 0 Å². The van der Waals surface area contributed by atoms with E-state index in [1.54, 1.807) is 19.1 Å². The number of ether oxygens (including phenoxy) is 1. The quantitative estimate of drug-likeness (QED) is 0.607. The van der Waals surface area contributed by atoms with Gasteiger partial charge in [0.05, 0.1) is 16.3 Å². The molecule has 0 aliphatic rings. The van der Waals surface area contributed by atoms with Crippen molar-refractivity contribution in [3.63, 3.8) is 0 Å². The van der Waals surface area contributed by atoms with Crippen molar-refractivity contribution in [2.75, 3.05) is 5.73 Å². The summed E-state index contributed by atoms with van der Waals surface area (Å²) in [5, 5.41) is 0.406. The topological polar surface area (TPSA) is 52.3 Å². The summed E-state index contributed by atoms with van der Waals surface area (Å²) in [4.78, 5) is 11.8. The molecule has 0 fully saturated rings. The zero-order valence-corrected chi connectivity index (χ0v) is 10.7. The third-order valence-corrected chi connectivity index (χ3v) is 2.54. The van der Waals surface area contributed by atoms with Crippen LogP contribution in [0.1, 0.15) is 36.7 Å². The van der Waals surface area contributed by atoms with E-state index in [0.717, 1.165) is 0 Å². The molecule has 3 nitrogen and oxygen atoms in total.